The van der Waals surface area contributed by atoms with E-state index >= 15 is 0 Å². The van der Waals surface area contributed by atoms with Gasteiger partial charge in [0, 0.05) is 22.8 Å². The lowest BCUT2D eigenvalue weighted by Gasteiger charge is -2.13. The van der Waals surface area contributed by atoms with Gasteiger partial charge in [0.1, 0.15) is 0 Å². The van der Waals surface area contributed by atoms with Gasteiger partial charge in [-0.1, -0.05) is 42.5 Å². The molecule has 1 heterocycles. The molecule has 0 bridgehead atoms. The van der Waals surface area contributed by atoms with Crippen molar-refractivity contribution in [3.05, 3.63) is 95.6 Å². The van der Waals surface area contributed by atoms with Gasteiger partial charge in [-0.15, -0.1) is 23.5 Å². The van der Waals surface area contributed by atoms with E-state index in [1.165, 1.54) is 5.56 Å². The predicted octanol–water partition coefficient (Wildman–Crippen LogP) is 5.67. The zero-order chi connectivity index (χ0) is 20.1. The number of carbonyl (C=O) groups excluding carboxylic acids is 2. The molecule has 4 rings (SSSR count). The van der Waals surface area contributed by atoms with Crippen LogP contribution in [-0.4, -0.2) is 23.3 Å². The molecular formula is C23H20N2O2S2. The number of nitrogens with one attached hydrogen (secondary N) is 2. The molecule has 29 heavy (non-hydrogen) atoms. The van der Waals surface area contributed by atoms with Gasteiger partial charge in [0.15, 0.2) is 0 Å². The Kier molecular flexibility index (Phi) is 6.22. The number of anilines is 2. The van der Waals surface area contributed by atoms with Crippen molar-refractivity contribution >= 4 is 46.7 Å². The van der Waals surface area contributed by atoms with Crippen LogP contribution in [0.1, 0.15) is 30.9 Å². The number of benzene rings is 3. The zero-order valence-corrected chi connectivity index (χ0v) is 17.3. The molecule has 0 saturated carbocycles. The van der Waals surface area contributed by atoms with Gasteiger partial charge >= 0.3 is 0 Å². The van der Waals surface area contributed by atoms with E-state index in [0.29, 0.717) is 21.4 Å². The highest BCUT2D eigenvalue weighted by Crippen LogP contribution is 2.45. The molecule has 0 unspecified atom stereocenters. The fraction of sp³-hybridized carbons (Fsp3) is 0.130. The lowest BCUT2D eigenvalue weighted by molar-refractivity contribution is 0.102. The molecule has 0 radical (unpaired) electrons. The van der Waals surface area contributed by atoms with Crippen LogP contribution in [0.5, 0.6) is 0 Å². The van der Waals surface area contributed by atoms with Crippen molar-refractivity contribution in [3.8, 4) is 0 Å². The molecule has 1 fully saturated rings. The molecule has 1 aliphatic rings. The van der Waals surface area contributed by atoms with E-state index in [0.717, 1.165) is 17.2 Å². The number of hydrogen-bond acceptors (Lipinski definition) is 4. The van der Waals surface area contributed by atoms with E-state index in [1.807, 2.05) is 47.8 Å². The summed E-state index contributed by atoms with van der Waals surface area (Å²) in [6, 6.07) is 24.0. The Morgan fingerprint density at radius 2 is 1.48 bits per heavy atom. The number of para-hydroxylation sites is 1. The van der Waals surface area contributed by atoms with E-state index in [-0.39, 0.29) is 11.8 Å². The van der Waals surface area contributed by atoms with Crippen molar-refractivity contribution in [3.63, 3.8) is 0 Å². The van der Waals surface area contributed by atoms with Crippen LogP contribution in [0.15, 0.2) is 78.9 Å². The van der Waals surface area contributed by atoms with Gasteiger partial charge in [-0.05, 0) is 42.0 Å². The summed E-state index contributed by atoms with van der Waals surface area (Å²) < 4.78 is 0.421. The first-order valence-electron chi connectivity index (χ1n) is 9.31. The normalized spacial score (nSPS) is 13.8. The summed E-state index contributed by atoms with van der Waals surface area (Å²) in [6.45, 7) is 0. The van der Waals surface area contributed by atoms with Crippen molar-refractivity contribution in [2.24, 2.45) is 0 Å². The number of carbonyl (C=O) groups is 2. The Labute approximate surface area is 178 Å². The predicted molar refractivity (Wildman–Crippen MR) is 123 cm³/mol. The van der Waals surface area contributed by atoms with Crippen LogP contribution >= 0.6 is 23.5 Å². The van der Waals surface area contributed by atoms with Crippen LogP contribution in [0.2, 0.25) is 0 Å². The van der Waals surface area contributed by atoms with Gasteiger partial charge in [0.05, 0.1) is 15.8 Å². The standard InChI is InChI=1S/C23H20N2O2S2/c26-21(16-7-2-1-3-8-16)25-20-12-5-4-11-19(20)22(27)24-18-10-6-9-17(15-18)23-28-13-14-29-23/h1-12,15,23H,13-14H2,(H,24,27)(H,25,26). The van der Waals surface area contributed by atoms with E-state index < -0.39 is 0 Å². The SMILES string of the molecule is O=C(Nc1ccccc1C(=O)Nc1cccc(C2SCCS2)c1)c1ccccc1. The lowest BCUT2D eigenvalue weighted by atomic mass is 10.1. The number of hydrogen-bond donors (Lipinski definition) is 2. The third-order valence-corrected chi connectivity index (χ3v) is 7.60. The van der Waals surface area contributed by atoms with Crippen LogP contribution in [0.4, 0.5) is 11.4 Å². The molecule has 2 N–H and O–H groups in total. The maximum Gasteiger partial charge on any atom is 0.257 e. The molecule has 146 valence electrons. The number of amides is 2. The van der Waals surface area contributed by atoms with Crippen LogP contribution in [0.25, 0.3) is 0 Å². The molecule has 3 aromatic carbocycles. The van der Waals surface area contributed by atoms with Crippen molar-refractivity contribution < 1.29 is 9.59 Å². The van der Waals surface area contributed by atoms with Crippen molar-refractivity contribution in [1.82, 2.24) is 0 Å². The Balaban J connectivity index is 1.51. The van der Waals surface area contributed by atoms with Gasteiger partial charge in [0.25, 0.3) is 11.8 Å². The van der Waals surface area contributed by atoms with Gasteiger partial charge in [-0.25, -0.2) is 0 Å². The Morgan fingerprint density at radius 3 is 2.28 bits per heavy atom. The average molecular weight is 421 g/mol. The molecule has 0 spiro atoms. The summed E-state index contributed by atoms with van der Waals surface area (Å²) in [5, 5.41) is 5.81. The number of thioether (sulfide) groups is 2. The smallest absolute Gasteiger partial charge is 0.257 e. The molecule has 0 aromatic heterocycles. The average Bonchev–Trinajstić information content (AvgIpc) is 3.30. The minimum Gasteiger partial charge on any atom is -0.322 e. The lowest BCUT2D eigenvalue weighted by Crippen LogP contribution is -2.18. The van der Waals surface area contributed by atoms with Gasteiger partial charge in [0.2, 0.25) is 0 Å². The van der Waals surface area contributed by atoms with E-state index in [2.05, 4.69) is 16.7 Å². The molecule has 0 aliphatic carbocycles. The maximum absolute atomic E-state index is 12.9. The maximum atomic E-state index is 12.9. The first-order valence-corrected chi connectivity index (χ1v) is 11.4. The summed E-state index contributed by atoms with van der Waals surface area (Å²) in [5.74, 6) is 1.81. The molecule has 4 nitrogen and oxygen atoms in total. The number of rotatable bonds is 5. The molecular weight excluding hydrogens is 400 g/mol. The second-order valence-corrected chi connectivity index (χ2v) is 9.24. The molecule has 3 aromatic rings. The fourth-order valence-corrected chi connectivity index (χ4v) is 5.92. The molecule has 0 atom stereocenters. The van der Waals surface area contributed by atoms with Gasteiger partial charge in [-0.2, -0.15) is 0 Å². The van der Waals surface area contributed by atoms with E-state index in [1.54, 1.807) is 48.5 Å². The Hall–Kier alpha value is -2.70. The van der Waals surface area contributed by atoms with Crippen molar-refractivity contribution in [2.75, 3.05) is 22.1 Å². The van der Waals surface area contributed by atoms with Crippen LogP contribution < -0.4 is 10.6 Å². The van der Waals surface area contributed by atoms with Gasteiger partial charge < -0.3 is 10.6 Å². The summed E-state index contributed by atoms with van der Waals surface area (Å²) in [7, 11) is 0. The van der Waals surface area contributed by atoms with Crippen LogP contribution in [-0.2, 0) is 0 Å². The van der Waals surface area contributed by atoms with Crippen LogP contribution in [0.3, 0.4) is 0 Å². The second kappa shape index (κ2) is 9.20. The molecule has 6 heteroatoms. The largest absolute Gasteiger partial charge is 0.322 e. The highest BCUT2D eigenvalue weighted by Gasteiger charge is 2.19. The summed E-state index contributed by atoms with van der Waals surface area (Å²) in [4.78, 5) is 25.4. The van der Waals surface area contributed by atoms with E-state index in [4.69, 9.17) is 0 Å². The topological polar surface area (TPSA) is 58.2 Å². The van der Waals surface area contributed by atoms with Crippen molar-refractivity contribution in [1.29, 1.82) is 0 Å². The first kappa shape index (κ1) is 19.6. The Morgan fingerprint density at radius 1 is 0.759 bits per heavy atom. The molecule has 1 aliphatic heterocycles. The summed E-state index contributed by atoms with van der Waals surface area (Å²) in [6.07, 6.45) is 0. The van der Waals surface area contributed by atoms with Crippen LogP contribution in [0, 0.1) is 0 Å². The first-order chi connectivity index (χ1) is 14.2. The second-order valence-electron chi connectivity index (χ2n) is 6.52. The summed E-state index contributed by atoms with van der Waals surface area (Å²) in [5.41, 5.74) is 3.41. The highest BCUT2D eigenvalue weighted by molar-refractivity contribution is 8.19. The minimum absolute atomic E-state index is 0.247. The molecule has 2 amide bonds. The summed E-state index contributed by atoms with van der Waals surface area (Å²) >= 11 is 3.86. The zero-order valence-electron chi connectivity index (χ0n) is 15.6. The Bertz CT molecular complexity index is 1020. The monoisotopic (exact) mass is 420 g/mol. The van der Waals surface area contributed by atoms with Gasteiger partial charge in [-0.3, -0.25) is 9.59 Å². The highest BCUT2D eigenvalue weighted by atomic mass is 32.2. The third-order valence-electron chi connectivity index (χ3n) is 4.49. The third kappa shape index (κ3) is 4.83. The fourth-order valence-electron chi connectivity index (χ4n) is 3.09. The minimum atomic E-state index is -0.252. The van der Waals surface area contributed by atoms with E-state index in [9.17, 15) is 9.59 Å². The quantitative estimate of drug-likeness (QED) is 0.558. The molecule has 1 saturated heterocycles. The van der Waals surface area contributed by atoms with Crippen molar-refractivity contribution in [2.45, 2.75) is 4.58 Å².